The van der Waals surface area contributed by atoms with Gasteiger partial charge in [-0.15, -0.1) is 10.2 Å². The molecule has 0 aromatic carbocycles. The lowest BCUT2D eigenvalue weighted by Crippen LogP contribution is -2.01. The molecule has 3 aromatic heterocycles. The molecule has 19 heavy (non-hydrogen) atoms. The van der Waals surface area contributed by atoms with Gasteiger partial charge in [-0.2, -0.15) is 5.10 Å². The molecule has 0 aliphatic carbocycles. The van der Waals surface area contributed by atoms with Crippen LogP contribution in [0.3, 0.4) is 0 Å². The molecule has 0 saturated heterocycles. The van der Waals surface area contributed by atoms with Crippen molar-refractivity contribution in [1.29, 1.82) is 0 Å². The van der Waals surface area contributed by atoms with Crippen molar-refractivity contribution in [2.45, 2.75) is 20.8 Å². The topological polar surface area (TPSA) is 60.9 Å². The van der Waals surface area contributed by atoms with Crippen molar-refractivity contribution in [3.05, 3.63) is 28.4 Å². The number of aromatic nitrogens is 6. The summed E-state index contributed by atoms with van der Waals surface area (Å²) >= 11 is 6.12. The average molecular weight is 277 g/mol. The molecule has 0 bridgehead atoms. The number of rotatable bonds is 1. The average Bonchev–Trinajstić information content (AvgIpc) is 2.90. The first-order valence-electron chi connectivity index (χ1n) is 5.87. The number of aryl methyl sites for hydroxylation is 4. The van der Waals surface area contributed by atoms with Crippen LogP contribution in [0.5, 0.6) is 0 Å². The molecule has 7 heteroatoms. The van der Waals surface area contributed by atoms with Gasteiger partial charge in [0, 0.05) is 18.9 Å². The smallest absolute Gasteiger partial charge is 0.199 e. The third kappa shape index (κ3) is 1.71. The zero-order valence-corrected chi connectivity index (χ0v) is 11.9. The molecule has 0 aliphatic rings. The number of hydrogen-bond acceptors (Lipinski definition) is 4. The largest absolute Gasteiger partial charge is 0.275 e. The van der Waals surface area contributed by atoms with Gasteiger partial charge in [0.25, 0.3) is 0 Å². The minimum Gasteiger partial charge on any atom is -0.275 e. The van der Waals surface area contributed by atoms with Crippen molar-refractivity contribution in [3.63, 3.8) is 0 Å². The summed E-state index contributed by atoms with van der Waals surface area (Å²) in [6.45, 7) is 5.84. The Bertz CT molecular complexity index is 785. The van der Waals surface area contributed by atoms with Crippen LogP contribution in [0.25, 0.3) is 17.0 Å². The Morgan fingerprint density at radius 1 is 1.11 bits per heavy atom. The van der Waals surface area contributed by atoms with Gasteiger partial charge in [0.15, 0.2) is 16.6 Å². The van der Waals surface area contributed by atoms with Crippen LogP contribution in [0.4, 0.5) is 0 Å². The van der Waals surface area contributed by atoms with Crippen LogP contribution in [0.1, 0.15) is 17.1 Å². The van der Waals surface area contributed by atoms with Crippen LogP contribution in [0.15, 0.2) is 6.20 Å². The van der Waals surface area contributed by atoms with Crippen molar-refractivity contribution in [2.24, 2.45) is 7.05 Å². The number of hydrogen-bond donors (Lipinski definition) is 0. The number of fused-ring (bicyclic) bond motifs is 1. The normalized spacial score (nSPS) is 11.4. The lowest BCUT2D eigenvalue weighted by molar-refractivity contribution is 0.756. The summed E-state index contributed by atoms with van der Waals surface area (Å²) in [5, 5.41) is 13.1. The highest BCUT2D eigenvalue weighted by molar-refractivity contribution is 6.32. The molecule has 0 radical (unpaired) electrons. The first-order valence-corrected chi connectivity index (χ1v) is 6.25. The fourth-order valence-corrected chi connectivity index (χ4v) is 2.42. The van der Waals surface area contributed by atoms with Gasteiger partial charge < -0.3 is 0 Å². The van der Waals surface area contributed by atoms with Crippen LogP contribution in [0.2, 0.25) is 5.15 Å². The molecule has 6 nitrogen and oxygen atoms in total. The predicted molar refractivity (Wildman–Crippen MR) is 72.2 cm³/mol. The van der Waals surface area contributed by atoms with Gasteiger partial charge >= 0.3 is 0 Å². The van der Waals surface area contributed by atoms with Crippen molar-refractivity contribution in [3.8, 4) is 11.4 Å². The fourth-order valence-electron chi connectivity index (χ4n) is 2.17. The maximum absolute atomic E-state index is 6.12. The zero-order chi connectivity index (χ0) is 13.7. The Labute approximate surface area is 115 Å². The third-order valence-electron chi connectivity index (χ3n) is 3.23. The Morgan fingerprint density at radius 2 is 1.84 bits per heavy atom. The third-order valence-corrected chi connectivity index (χ3v) is 3.48. The Kier molecular flexibility index (Phi) is 2.56. The zero-order valence-electron chi connectivity index (χ0n) is 11.1. The van der Waals surface area contributed by atoms with E-state index in [1.165, 1.54) is 0 Å². The first kappa shape index (κ1) is 12.1. The lowest BCUT2D eigenvalue weighted by atomic mass is 10.2. The van der Waals surface area contributed by atoms with Gasteiger partial charge in [-0.25, -0.2) is 4.98 Å². The molecule has 0 fully saturated rings. The highest BCUT2D eigenvalue weighted by atomic mass is 35.5. The second kappa shape index (κ2) is 4.03. The van der Waals surface area contributed by atoms with Crippen LogP contribution in [0, 0.1) is 20.8 Å². The molecule has 0 atom stereocenters. The molecule has 0 saturated carbocycles. The van der Waals surface area contributed by atoms with E-state index in [1.54, 1.807) is 4.68 Å². The molecule has 3 rings (SSSR count). The summed E-state index contributed by atoms with van der Waals surface area (Å²) in [6, 6.07) is 0. The molecule has 0 amide bonds. The second-order valence-corrected chi connectivity index (χ2v) is 4.92. The fraction of sp³-hybridized carbons (Fsp3) is 0.333. The Morgan fingerprint density at radius 3 is 2.47 bits per heavy atom. The van der Waals surface area contributed by atoms with E-state index < -0.39 is 0 Å². The molecule has 0 N–H and O–H groups in total. The van der Waals surface area contributed by atoms with E-state index >= 15 is 0 Å². The summed E-state index contributed by atoms with van der Waals surface area (Å²) in [4.78, 5) is 4.26. The quantitative estimate of drug-likeness (QED) is 0.683. The highest BCUT2D eigenvalue weighted by Gasteiger charge is 2.18. The predicted octanol–water partition coefficient (Wildman–Crippen LogP) is 2.10. The molecule has 0 aliphatic heterocycles. The summed E-state index contributed by atoms with van der Waals surface area (Å²) in [6.07, 6.45) is 1.93. The Balaban J connectivity index is 2.40. The highest BCUT2D eigenvalue weighted by Crippen LogP contribution is 2.25. The van der Waals surface area contributed by atoms with Crippen molar-refractivity contribution in [2.75, 3.05) is 0 Å². The van der Waals surface area contributed by atoms with Crippen LogP contribution in [-0.2, 0) is 7.05 Å². The number of nitrogens with zero attached hydrogens (tertiary/aromatic N) is 6. The van der Waals surface area contributed by atoms with E-state index in [-0.39, 0.29) is 0 Å². The number of halogens is 1. The van der Waals surface area contributed by atoms with E-state index in [4.69, 9.17) is 11.6 Å². The van der Waals surface area contributed by atoms with Crippen LogP contribution in [-0.4, -0.2) is 29.4 Å². The van der Waals surface area contributed by atoms with Gasteiger partial charge in [0.1, 0.15) is 0 Å². The minimum absolute atomic E-state index is 0.364. The van der Waals surface area contributed by atoms with Gasteiger partial charge in [0.2, 0.25) is 0 Å². The van der Waals surface area contributed by atoms with Gasteiger partial charge in [-0.05, 0) is 20.8 Å². The molecular formula is C12H13ClN6. The van der Waals surface area contributed by atoms with Crippen molar-refractivity contribution < 1.29 is 0 Å². The van der Waals surface area contributed by atoms with E-state index in [0.29, 0.717) is 10.8 Å². The lowest BCUT2D eigenvalue weighted by Gasteiger charge is -2.06. The van der Waals surface area contributed by atoms with E-state index in [1.807, 2.05) is 38.4 Å². The molecule has 3 aromatic rings. The summed E-state index contributed by atoms with van der Waals surface area (Å²) in [5.74, 6) is 0.741. The van der Waals surface area contributed by atoms with Crippen LogP contribution >= 0.6 is 11.6 Å². The van der Waals surface area contributed by atoms with E-state index in [0.717, 1.165) is 28.5 Å². The summed E-state index contributed by atoms with van der Waals surface area (Å²) in [5.41, 5.74) is 4.26. The Hall–Kier alpha value is -1.95. The first-order chi connectivity index (χ1) is 8.99. The van der Waals surface area contributed by atoms with Gasteiger partial charge in [-0.1, -0.05) is 11.6 Å². The molecule has 0 unspecified atom stereocenters. The van der Waals surface area contributed by atoms with Crippen molar-refractivity contribution >= 4 is 17.2 Å². The maximum Gasteiger partial charge on any atom is 0.199 e. The molecule has 3 heterocycles. The molecule has 0 spiro atoms. The monoisotopic (exact) mass is 276 g/mol. The van der Waals surface area contributed by atoms with E-state index in [9.17, 15) is 0 Å². The standard InChI is InChI=1S/C12H13ClN6/c1-6-8(3)19-11(9-5-18(4)17-7(9)2)15-16-12(19)10(13)14-6/h5H,1-4H3. The maximum atomic E-state index is 6.12. The minimum atomic E-state index is 0.364. The SMILES string of the molecule is Cc1nn(C)cc1-c1nnc2c(Cl)nc(C)c(C)n12. The second-order valence-electron chi connectivity index (χ2n) is 4.56. The summed E-state index contributed by atoms with van der Waals surface area (Å²) in [7, 11) is 1.88. The van der Waals surface area contributed by atoms with Crippen molar-refractivity contribution in [1.82, 2.24) is 29.4 Å². The molecule has 98 valence electrons. The van der Waals surface area contributed by atoms with E-state index in [2.05, 4.69) is 20.3 Å². The molecular weight excluding hydrogens is 264 g/mol. The summed E-state index contributed by atoms with van der Waals surface area (Å²) < 4.78 is 3.69. The van der Waals surface area contributed by atoms with Gasteiger partial charge in [-0.3, -0.25) is 9.08 Å². The van der Waals surface area contributed by atoms with Crippen LogP contribution < -0.4 is 0 Å². The van der Waals surface area contributed by atoms with Gasteiger partial charge in [0.05, 0.1) is 17.0 Å².